The molecule has 0 radical (unpaired) electrons. The van der Waals surface area contributed by atoms with Crippen LogP contribution in [0.4, 0.5) is 0 Å². The predicted octanol–water partition coefficient (Wildman–Crippen LogP) is 1.68. The maximum Gasteiger partial charge on any atom is 0.240 e. The molecule has 2 aliphatic rings. The summed E-state index contributed by atoms with van der Waals surface area (Å²) in [5, 5.41) is 10.5. The molecule has 0 spiro atoms. The highest BCUT2D eigenvalue weighted by atomic mass is 16.1. The van der Waals surface area contributed by atoms with Crippen molar-refractivity contribution in [2.45, 2.75) is 64.5 Å². The van der Waals surface area contributed by atoms with Gasteiger partial charge in [-0.3, -0.25) is 9.89 Å². The molecule has 0 saturated heterocycles. The first-order chi connectivity index (χ1) is 11.3. The van der Waals surface area contributed by atoms with Crippen LogP contribution >= 0.6 is 0 Å². The fourth-order valence-corrected chi connectivity index (χ4v) is 3.76. The zero-order valence-electron chi connectivity index (χ0n) is 13.4. The molecule has 0 atom stereocenters. The van der Waals surface area contributed by atoms with Crippen molar-refractivity contribution in [3.63, 3.8) is 0 Å². The van der Waals surface area contributed by atoms with Crippen LogP contribution in [0.5, 0.6) is 0 Å². The van der Waals surface area contributed by atoms with Crippen LogP contribution in [0, 0.1) is 0 Å². The monoisotopic (exact) mass is 313 g/mol. The molecule has 0 aliphatic heterocycles. The molecule has 2 aromatic heterocycles. The molecule has 0 bridgehead atoms. The van der Waals surface area contributed by atoms with Crippen LogP contribution in [0.1, 0.15) is 54.0 Å². The first kappa shape index (κ1) is 14.5. The van der Waals surface area contributed by atoms with Crippen LogP contribution in [-0.4, -0.2) is 25.7 Å². The van der Waals surface area contributed by atoms with E-state index in [1.54, 1.807) is 0 Å². The second-order valence-corrected chi connectivity index (χ2v) is 6.58. The standard InChI is InChI=1S/C17H23N5O/c23-17(10-22-11-19-14-7-3-4-8-16(14)22)18-9-15-12-5-1-2-6-13(12)20-21-15/h11H,1-10H2,(H,18,23)(H,20,21). The minimum Gasteiger partial charge on any atom is -0.349 e. The van der Waals surface area contributed by atoms with Gasteiger partial charge in [-0.25, -0.2) is 4.98 Å². The van der Waals surface area contributed by atoms with Crippen LogP contribution in [0.3, 0.4) is 0 Å². The third kappa shape index (κ3) is 2.90. The molecular formula is C17H23N5O. The second kappa shape index (κ2) is 6.18. The number of hydrogen-bond acceptors (Lipinski definition) is 3. The number of hydrogen-bond donors (Lipinski definition) is 2. The first-order valence-corrected chi connectivity index (χ1v) is 8.66. The van der Waals surface area contributed by atoms with Gasteiger partial charge in [-0.15, -0.1) is 0 Å². The number of aromatic nitrogens is 4. The maximum absolute atomic E-state index is 12.3. The number of fused-ring (bicyclic) bond motifs is 2. The van der Waals surface area contributed by atoms with Crippen molar-refractivity contribution >= 4 is 5.91 Å². The first-order valence-electron chi connectivity index (χ1n) is 8.66. The van der Waals surface area contributed by atoms with E-state index in [0.29, 0.717) is 13.1 Å². The van der Waals surface area contributed by atoms with Gasteiger partial charge in [0.25, 0.3) is 0 Å². The molecule has 122 valence electrons. The summed E-state index contributed by atoms with van der Waals surface area (Å²) in [5.74, 6) is 0.0309. The Labute approximate surface area is 135 Å². The number of carbonyl (C=O) groups is 1. The fraction of sp³-hybridized carbons (Fsp3) is 0.588. The third-order valence-corrected chi connectivity index (χ3v) is 5.02. The van der Waals surface area contributed by atoms with Gasteiger partial charge in [-0.05, 0) is 56.9 Å². The lowest BCUT2D eigenvalue weighted by molar-refractivity contribution is -0.121. The highest BCUT2D eigenvalue weighted by molar-refractivity contribution is 5.75. The van der Waals surface area contributed by atoms with Crippen molar-refractivity contribution in [3.8, 4) is 0 Å². The Morgan fingerprint density at radius 1 is 1.17 bits per heavy atom. The van der Waals surface area contributed by atoms with Crippen LogP contribution in [0.2, 0.25) is 0 Å². The summed E-state index contributed by atoms with van der Waals surface area (Å²) >= 11 is 0. The summed E-state index contributed by atoms with van der Waals surface area (Å²) in [6, 6.07) is 0. The van der Waals surface area contributed by atoms with Crippen molar-refractivity contribution in [2.24, 2.45) is 0 Å². The Hall–Kier alpha value is -2.11. The molecule has 2 aliphatic carbocycles. The Bertz CT molecular complexity index is 715. The number of carbonyl (C=O) groups excluding carboxylic acids is 1. The van der Waals surface area contributed by atoms with Crippen molar-refractivity contribution in [3.05, 3.63) is 34.7 Å². The third-order valence-electron chi connectivity index (χ3n) is 5.02. The fourth-order valence-electron chi connectivity index (χ4n) is 3.76. The molecule has 6 nitrogen and oxygen atoms in total. The lowest BCUT2D eigenvalue weighted by atomic mass is 9.96. The number of rotatable bonds is 4. The molecule has 6 heteroatoms. The van der Waals surface area contributed by atoms with Crippen LogP contribution in [0.25, 0.3) is 0 Å². The minimum atomic E-state index is 0.0309. The van der Waals surface area contributed by atoms with Gasteiger partial charge in [0.1, 0.15) is 6.54 Å². The van der Waals surface area contributed by atoms with E-state index >= 15 is 0 Å². The molecule has 0 aromatic carbocycles. The number of nitrogens with one attached hydrogen (secondary N) is 2. The highest BCUT2D eigenvalue weighted by Crippen LogP contribution is 2.22. The Kier molecular flexibility index (Phi) is 3.89. The average Bonchev–Trinajstić information content (AvgIpc) is 3.18. The molecule has 2 aromatic rings. The molecule has 0 saturated carbocycles. The zero-order valence-corrected chi connectivity index (χ0v) is 13.4. The van der Waals surface area contributed by atoms with E-state index in [9.17, 15) is 4.79 Å². The van der Waals surface area contributed by atoms with Crippen LogP contribution in [0.15, 0.2) is 6.33 Å². The molecule has 23 heavy (non-hydrogen) atoms. The normalized spacial score (nSPS) is 16.7. The predicted molar refractivity (Wildman–Crippen MR) is 85.9 cm³/mol. The number of H-pyrrole nitrogens is 1. The number of aryl methyl sites for hydroxylation is 2. The van der Waals surface area contributed by atoms with Crippen molar-refractivity contribution in [1.82, 2.24) is 25.1 Å². The van der Waals surface area contributed by atoms with E-state index in [0.717, 1.165) is 31.4 Å². The highest BCUT2D eigenvalue weighted by Gasteiger charge is 2.19. The summed E-state index contributed by atoms with van der Waals surface area (Å²) in [7, 11) is 0. The van der Waals surface area contributed by atoms with E-state index in [1.165, 1.54) is 48.3 Å². The average molecular weight is 313 g/mol. The van der Waals surface area contributed by atoms with Gasteiger partial charge in [0.05, 0.1) is 24.3 Å². The molecule has 4 rings (SSSR count). The van der Waals surface area contributed by atoms with E-state index in [4.69, 9.17) is 0 Å². The Morgan fingerprint density at radius 2 is 2.00 bits per heavy atom. The number of nitrogens with zero attached hydrogens (tertiary/aromatic N) is 3. The lowest BCUT2D eigenvalue weighted by Crippen LogP contribution is -2.28. The minimum absolute atomic E-state index is 0.0309. The summed E-state index contributed by atoms with van der Waals surface area (Å²) in [6.45, 7) is 0.872. The summed E-state index contributed by atoms with van der Waals surface area (Å²) in [6.07, 6.45) is 10.9. The molecule has 1 amide bonds. The van der Waals surface area contributed by atoms with Crippen molar-refractivity contribution in [2.75, 3.05) is 0 Å². The van der Waals surface area contributed by atoms with Crippen LogP contribution < -0.4 is 5.32 Å². The zero-order chi connectivity index (χ0) is 15.6. The molecule has 2 N–H and O–H groups in total. The van der Waals surface area contributed by atoms with Gasteiger partial charge in [0, 0.05) is 11.4 Å². The number of amides is 1. The summed E-state index contributed by atoms with van der Waals surface area (Å²) < 4.78 is 2.00. The summed E-state index contributed by atoms with van der Waals surface area (Å²) in [5.41, 5.74) is 5.98. The molecule has 0 fully saturated rings. The van der Waals surface area contributed by atoms with E-state index in [-0.39, 0.29) is 5.91 Å². The van der Waals surface area contributed by atoms with Crippen molar-refractivity contribution < 1.29 is 4.79 Å². The second-order valence-electron chi connectivity index (χ2n) is 6.58. The molecule has 0 unspecified atom stereocenters. The quantitative estimate of drug-likeness (QED) is 0.902. The Balaban J connectivity index is 1.37. The molecular weight excluding hydrogens is 290 g/mol. The van der Waals surface area contributed by atoms with E-state index < -0.39 is 0 Å². The topological polar surface area (TPSA) is 75.6 Å². The van der Waals surface area contributed by atoms with Gasteiger partial charge in [-0.1, -0.05) is 0 Å². The SMILES string of the molecule is O=C(Cn1cnc2c1CCCC2)NCc1n[nH]c2c1CCCC2. The van der Waals surface area contributed by atoms with Gasteiger partial charge in [-0.2, -0.15) is 5.10 Å². The summed E-state index contributed by atoms with van der Waals surface area (Å²) in [4.78, 5) is 16.7. The Morgan fingerprint density at radius 3 is 2.96 bits per heavy atom. The van der Waals surface area contributed by atoms with Crippen LogP contribution in [-0.2, 0) is 43.6 Å². The van der Waals surface area contributed by atoms with Gasteiger partial charge >= 0.3 is 0 Å². The lowest BCUT2D eigenvalue weighted by Gasteiger charge is -2.14. The smallest absolute Gasteiger partial charge is 0.240 e. The molecule has 2 heterocycles. The maximum atomic E-state index is 12.3. The van der Waals surface area contributed by atoms with Gasteiger partial charge in [0.15, 0.2) is 0 Å². The van der Waals surface area contributed by atoms with Gasteiger partial charge in [0.2, 0.25) is 5.91 Å². The number of imidazole rings is 1. The van der Waals surface area contributed by atoms with Crippen molar-refractivity contribution in [1.29, 1.82) is 0 Å². The largest absolute Gasteiger partial charge is 0.349 e. The number of aromatic amines is 1. The van der Waals surface area contributed by atoms with E-state index in [1.807, 2.05) is 10.9 Å². The van der Waals surface area contributed by atoms with E-state index in [2.05, 4.69) is 20.5 Å². The van der Waals surface area contributed by atoms with Gasteiger partial charge < -0.3 is 9.88 Å².